The molecule has 0 aliphatic carbocycles. The van der Waals surface area contributed by atoms with Crippen LogP contribution in [-0.2, 0) is 14.8 Å². The summed E-state index contributed by atoms with van der Waals surface area (Å²) < 4.78 is 32.0. The maximum Gasteiger partial charge on any atom is 0.258 e. The van der Waals surface area contributed by atoms with Crippen LogP contribution in [0, 0.1) is 0 Å². The molecule has 0 saturated carbocycles. The molecule has 0 unspecified atom stereocenters. The summed E-state index contributed by atoms with van der Waals surface area (Å²) in [5.41, 5.74) is 2.98. The van der Waals surface area contributed by atoms with Crippen LogP contribution < -0.4 is 10.2 Å². The number of hydrogen-bond donors (Lipinski definition) is 2. The van der Waals surface area contributed by atoms with E-state index in [1.54, 1.807) is 12.1 Å². The van der Waals surface area contributed by atoms with Gasteiger partial charge in [0.1, 0.15) is 6.04 Å². The van der Waals surface area contributed by atoms with Crippen LogP contribution >= 0.6 is 11.6 Å². The Balaban J connectivity index is 1.71. The van der Waals surface area contributed by atoms with E-state index in [0.717, 1.165) is 0 Å². The summed E-state index contributed by atoms with van der Waals surface area (Å²) in [5, 5.41) is 13.9. The number of amides is 1. The number of phenols is 1. The first kappa shape index (κ1) is 21.1. The zero-order valence-corrected chi connectivity index (χ0v) is 17.2. The highest BCUT2D eigenvalue weighted by atomic mass is 35.5. The lowest BCUT2D eigenvalue weighted by Gasteiger charge is -2.22. The van der Waals surface area contributed by atoms with Gasteiger partial charge in [0.05, 0.1) is 18.2 Å². The van der Waals surface area contributed by atoms with Crippen molar-refractivity contribution in [1.82, 2.24) is 9.73 Å². The molecule has 8 nitrogen and oxygen atoms in total. The van der Waals surface area contributed by atoms with E-state index in [2.05, 4.69) is 10.5 Å². The maximum atomic E-state index is 12.9. The van der Waals surface area contributed by atoms with Gasteiger partial charge in [-0.05, 0) is 60.9 Å². The smallest absolute Gasteiger partial charge is 0.258 e. The number of ether oxygens (including phenoxy) is 1. The monoisotopic (exact) mass is 437 g/mol. The number of methoxy groups -OCH3 is 1. The lowest BCUT2D eigenvalue weighted by molar-refractivity contribution is -0.124. The molecular formula is C19H20ClN3O5S. The zero-order chi connectivity index (χ0) is 21.0. The van der Waals surface area contributed by atoms with E-state index in [-0.39, 0.29) is 22.9 Å². The third kappa shape index (κ3) is 4.69. The van der Waals surface area contributed by atoms with Crippen molar-refractivity contribution in [3.63, 3.8) is 0 Å². The van der Waals surface area contributed by atoms with Crippen LogP contribution in [0.25, 0.3) is 0 Å². The number of hydrogen-bond acceptors (Lipinski definition) is 6. The number of nitrogens with zero attached hydrogens (tertiary/aromatic N) is 2. The molecule has 2 aromatic carbocycles. The Morgan fingerprint density at radius 3 is 2.72 bits per heavy atom. The van der Waals surface area contributed by atoms with Crippen LogP contribution in [-0.4, -0.2) is 49.6 Å². The van der Waals surface area contributed by atoms with Crippen molar-refractivity contribution in [1.29, 1.82) is 0 Å². The van der Waals surface area contributed by atoms with Crippen molar-refractivity contribution in [2.45, 2.75) is 23.8 Å². The minimum absolute atomic E-state index is 0.0114. The molecule has 1 amide bonds. The molecule has 2 N–H and O–H groups in total. The molecule has 29 heavy (non-hydrogen) atoms. The van der Waals surface area contributed by atoms with Gasteiger partial charge in [-0.15, -0.1) is 0 Å². The first-order valence-electron chi connectivity index (χ1n) is 8.80. The molecule has 2 aromatic rings. The highest BCUT2D eigenvalue weighted by molar-refractivity contribution is 7.89. The Kier molecular flexibility index (Phi) is 6.41. The molecule has 0 spiro atoms. The van der Waals surface area contributed by atoms with Gasteiger partial charge in [0.25, 0.3) is 5.91 Å². The predicted octanol–water partition coefficient (Wildman–Crippen LogP) is 2.36. The van der Waals surface area contributed by atoms with E-state index in [1.807, 2.05) is 0 Å². The van der Waals surface area contributed by atoms with Gasteiger partial charge in [0, 0.05) is 11.6 Å². The van der Waals surface area contributed by atoms with E-state index < -0.39 is 22.0 Å². The average Bonchev–Trinajstić information content (AvgIpc) is 3.20. The molecule has 1 atom stereocenters. The van der Waals surface area contributed by atoms with E-state index in [4.69, 9.17) is 16.3 Å². The second-order valence-corrected chi connectivity index (χ2v) is 8.72. The van der Waals surface area contributed by atoms with Gasteiger partial charge in [0.15, 0.2) is 11.5 Å². The molecule has 1 heterocycles. The third-order valence-electron chi connectivity index (χ3n) is 4.52. The maximum absolute atomic E-state index is 12.9. The number of halogens is 1. The van der Waals surface area contributed by atoms with Gasteiger partial charge in [0.2, 0.25) is 10.0 Å². The first-order chi connectivity index (χ1) is 13.8. The first-order valence-corrected chi connectivity index (χ1v) is 10.6. The summed E-state index contributed by atoms with van der Waals surface area (Å²) in [6, 6.07) is 9.58. The largest absolute Gasteiger partial charge is 0.504 e. The van der Waals surface area contributed by atoms with E-state index >= 15 is 0 Å². The molecule has 0 radical (unpaired) electrons. The van der Waals surface area contributed by atoms with Crippen molar-refractivity contribution in [2.75, 3.05) is 13.7 Å². The van der Waals surface area contributed by atoms with Gasteiger partial charge in [-0.3, -0.25) is 4.79 Å². The van der Waals surface area contributed by atoms with E-state index in [9.17, 15) is 18.3 Å². The molecule has 1 fully saturated rings. The van der Waals surface area contributed by atoms with Crippen molar-refractivity contribution in [2.24, 2.45) is 5.10 Å². The molecule has 0 aromatic heterocycles. The van der Waals surface area contributed by atoms with Crippen molar-refractivity contribution in [3.8, 4) is 11.5 Å². The number of aromatic hydroxyl groups is 1. The minimum Gasteiger partial charge on any atom is -0.504 e. The number of nitrogens with one attached hydrogen (secondary N) is 1. The van der Waals surface area contributed by atoms with Gasteiger partial charge in [-0.1, -0.05) is 11.6 Å². The minimum atomic E-state index is -3.82. The number of carbonyl (C=O) groups excluding carboxylic acids is 1. The molecule has 154 valence electrons. The summed E-state index contributed by atoms with van der Waals surface area (Å²) in [4.78, 5) is 12.6. The second-order valence-electron chi connectivity index (χ2n) is 6.39. The van der Waals surface area contributed by atoms with Crippen molar-refractivity contribution >= 4 is 33.7 Å². The van der Waals surface area contributed by atoms with Gasteiger partial charge >= 0.3 is 0 Å². The topological polar surface area (TPSA) is 108 Å². The number of benzene rings is 2. The van der Waals surface area contributed by atoms with Gasteiger partial charge in [-0.2, -0.15) is 9.41 Å². The van der Waals surface area contributed by atoms with E-state index in [1.165, 1.54) is 48.0 Å². The highest BCUT2D eigenvalue weighted by Gasteiger charge is 2.39. The van der Waals surface area contributed by atoms with Crippen LogP contribution in [0.3, 0.4) is 0 Å². The Hall–Kier alpha value is -2.62. The predicted molar refractivity (Wildman–Crippen MR) is 109 cm³/mol. The molecule has 0 bridgehead atoms. The fraction of sp³-hybridized carbons (Fsp3) is 0.263. The van der Waals surface area contributed by atoms with Crippen molar-refractivity contribution in [3.05, 3.63) is 53.1 Å². The van der Waals surface area contributed by atoms with Crippen LogP contribution in [0.2, 0.25) is 5.02 Å². The number of carbonyl (C=O) groups is 1. The zero-order valence-electron chi connectivity index (χ0n) is 15.6. The van der Waals surface area contributed by atoms with Crippen molar-refractivity contribution < 1.29 is 23.1 Å². The van der Waals surface area contributed by atoms with Gasteiger partial charge in [-0.25, -0.2) is 13.8 Å². The number of sulfonamides is 1. The Bertz CT molecular complexity index is 1020. The van der Waals surface area contributed by atoms with E-state index in [0.29, 0.717) is 23.4 Å². The molecular weight excluding hydrogens is 418 g/mol. The highest BCUT2D eigenvalue weighted by Crippen LogP contribution is 2.27. The molecule has 3 rings (SSSR count). The van der Waals surface area contributed by atoms with Crippen LogP contribution in [0.1, 0.15) is 18.4 Å². The Morgan fingerprint density at radius 2 is 2.03 bits per heavy atom. The summed E-state index contributed by atoms with van der Waals surface area (Å²) in [5.74, 6) is -0.249. The Labute approximate surface area is 173 Å². The quantitative estimate of drug-likeness (QED) is 0.532. The third-order valence-corrected chi connectivity index (χ3v) is 6.69. The molecule has 10 heteroatoms. The number of rotatable bonds is 6. The average molecular weight is 438 g/mol. The summed E-state index contributed by atoms with van der Waals surface area (Å²) in [6.07, 6.45) is 2.36. The summed E-state index contributed by atoms with van der Waals surface area (Å²) in [6.45, 7) is 0.252. The lowest BCUT2D eigenvalue weighted by Crippen LogP contribution is -2.44. The van der Waals surface area contributed by atoms with Gasteiger partial charge < -0.3 is 9.84 Å². The molecule has 1 saturated heterocycles. The lowest BCUT2D eigenvalue weighted by atomic mass is 10.2. The molecule has 1 aliphatic rings. The summed E-state index contributed by atoms with van der Waals surface area (Å²) >= 11 is 5.83. The fourth-order valence-electron chi connectivity index (χ4n) is 3.05. The fourth-order valence-corrected chi connectivity index (χ4v) is 4.83. The van der Waals surface area contributed by atoms with Crippen LogP contribution in [0.4, 0.5) is 0 Å². The van der Waals surface area contributed by atoms with Crippen LogP contribution in [0.15, 0.2) is 52.5 Å². The number of hydrazone groups is 1. The summed E-state index contributed by atoms with van der Waals surface area (Å²) in [7, 11) is -2.40. The second kappa shape index (κ2) is 8.81. The standard InChI is InChI=1S/C19H20ClN3O5S/c1-28-18-11-13(4-9-17(18)24)12-21-22-19(25)16-3-2-10-23(16)29(26,27)15-7-5-14(20)6-8-15/h4-9,11-12,16,24H,2-3,10H2,1H3,(H,22,25)/t16-/m0/s1. The molecule has 1 aliphatic heterocycles. The SMILES string of the molecule is COc1cc(C=NNC(=O)[C@@H]2CCCN2S(=O)(=O)c2ccc(Cl)cc2)ccc1O. The van der Waals surface area contributed by atoms with Crippen LogP contribution in [0.5, 0.6) is 11.5 Å². The normalized spacial score (nSPS) is 17.5. The Morgan fingerprint density at radius 1 is 1.31 bits per heavy atom. The number of phenolic OH excluding ortho intramolecular Hbond substituents is 1.